The molecular formula is C11H11N5O. The summed E-state index contributed by atoms with van der Waals surface area (Å²) in [5, 5.41) is 15.6. The van der Waals surface area contributed by atoms with Gasteiger partial charge in [0.15, 0.2) is 5.82 Å². The van der Waals surface area contributed by atoms with Gasteiger partial charge in [-0.05, 0) is 19.1 Å². The lowest BCUT2D eigenvalue weighted by Gasteiger charge is -2.07. The maximum absolute atomic E-state index is 8.83. The molecule has 0 unspecified atom stereocenters. The standard InChI is InChI=1S/C11H11N5O/c1-7-15-10(17-16-7)6-14-9-4-2-3-8(5-12)11(9)13/h2-4,14H,6,13H2,1H3. The molecule has 1 aromatic heterocycles. The number of nitrogens with one attached hydrogen (secondary N) is 1. The normalized spacial score (nSPS) is 9.88. The van der Waals surface area contributed by atoms with Gasteiger partial charge in [0, 0.05) is 0 Å². The van der Waals surface area contributed by atoms with E-state index in [9.17, 15) is 0 Å². The highest BCUT2D eigenvalue weighted by atomic mass is 16.5. The first-order chi connectivity index (χ1) is 8.20. The lowest BCUT2D eigenvalue weighted by Crippen LogP contribution is -2.04. The van der Waals surface area contributed by atoms with E-state index in [1.54, 1.807) is 25.1 Å². The third-order valence-corrected chi connectivity index (χ3v) is 2.23. The smallest absolute Gasteiger partial charge is 0.245 e. The van der Waals surface area contributed by atoms with E-state index in [0.717, 1.165) is 0 Å². The second-order valence-corrected chi connectivity index (χ2v) is 3.47. The molecule has 17 heavy (non-hydrogen) atoms. The molecular weight excluding hydrogens is 218 g/mol. The number of aromatic nitrogens is 2. The molecule has 6 heteroatoms. The van der Waals surface area contributed by atoms with Crippen LogP contribution in [0.1, 0.15) is 17.3 Å². The van der Waals surface area contributed by atoms with E-state index < -0.39 is 0 Å². The lowest BCUT2D eigenvalue weighted by molar-refractivity contribution is 0.379. The molecule has 0 amide bonds. The van der Waals surface area contributed by atoms with E-state index in [1.807, 2.05) is 6.07 Å². The molecule has 0 spiro atoms. The summed E-state index contributed by atoms with van der Waals surface area (Å²) < 4.78 is 4.95. The topological polar surface area (TPSA) is 101 Å². The Morgan fingerprint density at radius 1 is 1.53 bits per heavy atom. The second kappa shape index (κ2) is 4.53. The minimum Gasteiger partial charge on any atom is -0.396 e. The first-order valence-electron chi connectivity index (χ1n) is 5.02. The van der Waals surface area contributed by atoms with Gasteiger partial charge in [0.05, 0.1) is 23.5 Å². The van der Waals surface area contributed by atoms with Crippen LogP contribution in [-0.4, -0.2) is 10.1 Å². The van der Waals surface area contributed by atoms with E-state index in [4.69, 9.17) is 15.5 Å². The zero-order valence-corrected chi connectivity index (χ0v) is 9.27. The number of nitrogens with two attached hydrogens (primary N) is 1. The van der Waals surface area contributed by atoms with Gasteiger partial charge in [0.25, 0.3) is 0 Å². The molecule has 0 radical (unpaired) electrons. The average molecular weight is 229 g/mol. The first-order valence-corrected chi connectivity index (χ1v) is 5.02. The van der Waals surface area contributed by atoms with E-state index in [2.05, 4.69) is 15.5 Å². The molecule has 0 atom stereocenters. The van der Waals surface area contributed by atoms with Gasteiger partial charge < -0.3 is 15.6 Å². The molecule has 0 aliphatic carbocycles. The summed E-state index contributed by atoms with van der Waals surface area (Å²) >= 11 is 0. The van der Waals surface area contributed by atoms with Gasteiger partial charge in [0.2, 0.25) is 5.89 Å². The molecule has 3 N–H and O–H groups in total. The third kappa shape index (κ3) is 2.34. The maximum atomic E-state index is 8.83. The number of anilines is 2. The average Bonchev–Trinajstić information content (AvgIpc) is 2.74. The maximum Gasteiger partial charge on any atom is 0.245 e. The molecule has 86 valence electrons. The summed E-state index contributed by atoms with van der Waals surface area (Å²) in [6.45, 7) is 2.12. The van der Waals surface area contributed by atoms with Gasteiger partial charge in [-0.2, -0.15) is 10.2 Å². The highest BCUT2D eigenvalue weighted by Crippen LogP contribution is 2.22. The highest BCUT2D eigenvalue weighted by Gasteiger charge is 2.06. The van der Waals surface area contributed by atoms with E-state index >= 15 is 0 Å². The fourth-order valence-electron chi connectivity index (χ4n) is 1.40. The summed E-state index contributed by atoms with van der Waals surface area (Å²) in [6.07, 6.45) is 0. The largest absolute Gasteiger partial charge is 0.396 e. The predicted molar refractivity (Wildman–Crippen MR) is 61.9 cm³/mol. The first kappa shape index (κ1) is 11.0. The zero-order valence-electron chi connectivity index (χ0n) is 9.27. The molecule has 2 aromatic rings. The van der Waals surface area contributed by atoms with E-state index in [0.29, 0.717) is 35.2 Å². The van der Waals surface area contributed by atoms with Crippen molar-refractivity contribution in [3.05, 3.63) is 35.5 Å². The number of hydrogen-bond acceptors (Lipinski definition) is 6. The van der Waals surface area contributed by atoms with Crippen molar-refractivity contribution < 1.29 is 4.52 Å². The fraction of sp³-hybridized carbons (Fsp3) is 0.182. The van der Waals surface area contributed by atoms with Crippen LogP contribution in [0.4, 0.5) is 11.4 Å². The number of nitrogen functional groups attached to an aromatic ring is 1. The van der Waals surface area contributed by atoms with Crippen molar-refractivity contribution >= 4 is 11.4 Å². The Balaban J connectivity index is 2.12. The molecule has 0 aliphatic rings. The van der Waals surface area contributed by atoms with Crippen molar-refractivity contribution in [3.63, 3.8) is 0 Å². The van der Waals surface area contributed by atoms with Crippen molar-refractivity contribution in [1.82, 2.24) is 10.1 Å². The minimum atomic E-state index is 0.375. The molecule has 0 saturated carbocycles. The Morgan fingerprint density at radius 3 is 3.00 bits per heavy atom. The monoisotopic (exact) mass is 229 g/mol. The van der Waals surface area contributed by atoms with Crippen LogP contribution in [0.5, 0.6) is 0 Å². The van der Waals surface area contributed by atoms with E-state index in [-0.39, 0.29) is 0 Å². The van der Waals surface area contributed by atoms with Gasteiger partial charge in [0.1, 0.15) is 6.07 Å². The van der Waals surface area contributed by atoms with Crippen molar-refractivity contribution in [2.75, 3.05) is 11.1 Å². The Kier molecular flexibility index (Phi) is 2.92. The SMILES string of the molecule is Cc1noc(CNc2cccc(C#N)c2N)n1. The number of benzene rings is 1. The number of para-hydroxylation sites is 1. The molecule has 0 bridgehead atoms. The van der Waals surface area contributed by atoms with Gasteiger partial charge in [-0.1, -0.05) is 11.2 Å². The van der Waals surface area contributed by atoms with Crippen LogP contribution in [0.25, 0.3) is 0 Å². The van der Waals surface area contributed by atoms with Gasteiger partial charge in [-0.25, -0.2) is 0 Å². The summed E-state index contributed by atoms with van der Waals surface area (Å²) in [6, 6.07) is 7.24. The van der Waals surface area contributed by atoms with Crippen molar-refractivity contribution in [1.29, 1.82) is 5.26 Å². The number of hydrogen-bond donors (Lipinski definition) is 2. The molecule has 6 nitrogen and oxygen atoms in total. The van der Waals surface area contributed by atoms with Gasteiger partial charge in [-0.15, -0.1) is 0 Å². The van der Waals surface area contributed by atoms with Crippen LogP contribution in [0.2, 0.25) is 0 Å². The van der Waals surface area contributed by atoms with Gasteiger partial charge >= 0.3 is 0 Å². The second-order valence-electron chi connectivity index (χ2n) is 3.47. The highest BCUT2D eigenvalue weighted by molar-refractivity contribution is 5.72. The Hall–Kier alpha value is -2.55. The number of nitriles is 1. The van der Waals surface area contributed by atoms with Gasteiger partial charge in [-0.3, -0.25) is 0 Å². The van der Waals surface area contributed by atoms with E-state index in [1.165, 1.54) is 0 Å². The molecule has 2 rings (SSSR count). The predicted octanol–water partition coefficient (Wildman–Crippen LogP) is 1.44. The Morgan fingerprint density at radius 2 is 2.35 bits per heavy atom. The van der Waals surface area contributed by atoms with Crippen LogP contribution in [0, 0.1) is 18.3 Å². The third-order valence-electron chi connectivity index (χ3n) is 2.23. The van der Waals surface area contributed by atoms with Crippen molar-refractivity contribution in [2.45, 2.75) is 13.5 Å². The van der Waals surface area contributed by atoms with Crippen LogP contribution in [0.3, 0.4) is 0 Å². The summed E-state index contributed by atoms with van der Waals surface area (Å²) in [4.78, 5) is 4.05. The zero-order chi connectivity index (χ0) is 12.3. The minimum absolute atomic E-state index is 0.375. The molecule has 0 aliphatic heterocycles. The molecule has 0 fully saturated rings. The quantitative estimate of drug-likeness (QED) is 0.772. The summed E-state index contributed by atoms with van der Waals surface area (Å²) in [7, 11) is 0. The fourth-order valence-corrected chi connectivity index (χ4v) is 1.40. The molecule has 1 heterocycles. The van der Waals surface area contributed by atoms with Crippen LogP contribution in [-0.2, 0) is 6.54 Å². The van der Waals surface area contributed by atoms with Crippen LogP contribution >= 0.6 is 0 Å². The Labute approximate surface area is 98.1 Å². The number of nitrogens with zero attached hydrogens (tertiary/aromatic N) is 3. The number of aryl methyl sites for hydroxylation is 1. The lowest BCUT2D eigenvalue weighted by atomic mass is 10.1. The van der Waals surface area contributed by atoms with Crippen LogP contribution in [0.15, 0.2) is 22.7 Å². The van der Waals surface area contributed by atoms with Crippen molar-refractivity contribution in [3.8, 4) is 6.07 Å². The summed E-state index contributed by atoms with van der Waals surface area (Å²) in [5.41, 5.74) is 7.36. The molecule has 1 aromatic carbocycles. The summed E-state index contributed by atoms with van der Waals surface area (Å²) in [5.74, 6) is 1.06. The van der Waals surface area contributed by atoms with Crippen LogP contribution < -0.4 is 11.1 Å². The Bertz CT molecular complexity index is 569. The molecule has 0 saturated heterocycles. The van der Waals surface area contributed by atoms with Crippen molar-refractivity contribution in [2.24, 2.45) is 0 Å². The number of rotatable bonds is 3.